The van der Waals surface area contributed by atoms with E-state index in [1.54, 1.807) is 6.07 Å². The largest absolute Gasteiger partial charge is 0.574 e. The lowest BCUT2D eigenvalue weighted by atomic mass is 10.2. The van der Waals surface area contributed by atoms with Gasteiger partial charge in [0.2, 0.25) is 5.88 Å². The molecule has 0 saturated heterocycles. The molecule has 92 valence electrons. The molecule has 1 aromatic heterocycles. The highest BCUT2D eigenvalue weighted by molar-refractivity contribution is 9.08. The number of alkyl halides is 4. The van der Waals surface area contributed by atoms with Gasteiger partial charge in [-0.3, -0.25) is 0 Å². The van der Waals surface area contributed by atoms with Gasteiger partial charge in [-0.05, 0) is 6.07 Å². The molecule has 0 atom stereocenters. The van der Waals surface area contributed by atoms with E-state index < -0.39 is 24.5 Å². The zero-order valence-electron chi connectivity index (χ0n) is 8.18. The summed E-state index contributed by atoms with van der Waals surface area (Å²) in [5, 5.41) is 8.32. The van der Waals surface area contributed by atoms with E-state index in [9.17, 15) is 17.6 Å². The number of ether oxygens (including phenoxy) is 1. The van der Waals surface area contributed by atoms with Crippen molar-refractivity contribution in [2.45, 2.75) is 18.1 Å². The first-order chi connectivity index (χ1) is 7.87. The summed E-state index contributed by atoms with van der Waals surface area (Å²) in [6, 6.07) is 2.46. The fourth-order valence-corrected chi connectivity index (χ4v) is 1.44. The first-order valence-electron chi connectivity index (χ1n) is 4.24. The molecule has 3 nitrogen and oxygen atoms in total. The third-order valence-electron chi connectivity index (χ3n) is 1.69. The molecule has 0 radical (unpaired) electrons. The van der Waals surface area contributed by atoms with Crippen molar-refractivity contribution in [3.8, 4) is 11.9 Å². The lowest BCUT2D eigenvalue weighted by Gasteiger charge is -2.12. The SMILES string of the molecule is N#CCc1nc(OC(F)(F)F)c(CBr)cc1F. The van der Waals surface area contributed by atoms with E-state index in [4.69, 9.17) is 5.26 Å². The van der Waals surface area contributed by atoms with Crippen molar-refractivity contribution in [3.05, 3.63) is 23.1 Å². The summed E-state index contributed by atoms with van der Waals surface area (Å²) in [4.78, 5) is 3.35. The van der Waals surface area contributed by atoms with Crippen molar-refractivity contribution in [3.63, 3.8) is 0 Å². The van der Waals surface area contributed by atoms with Crippen LogP contribution >= 0.6 is 15.9 Å². The Morgan fingerprint density at radius 2 is 2.12 bits per heavy atom. The van der Waals surface area contributed by atoms with Crippen LogP contribution in [0.3, 0.4) is 0 Å². The Balaban J connectivity index is 3.18. The van der Waals surface area contributed by atoms with Gasteiger partial charge < -0.3 is 4.74 Å². The summed E-state index contributed by atoms with van der Waals surface area (Å²) in [6.45, 7) is 0. The van der Waals surface area contributed by atoms with Crippen molar-refractivity contribution in [1.82, 2.24) is 4.98 Å². The minimum Gasteiger partial charge on any atom is -0.388 e. The number of hydrogen-bond acceptors (Lipinski definition) is 3. The van der Waals surface area contributed by atoms with Crippen LogP contribution in [0.5, 0.6) is 5.88 Å². The van der Waals surface area contributed by atoms with Gasteiger partial charge in [0.25, 0.3) is 0 Å². The topological polar surface area (TPSA) is 45.9 Å². The van der Waals surface area contributed by atoms with Gasteiger partial charge in [0.15, 0.2) is 0 Å². The molecule has 0 N–H and O–H groups in total. The van der Waals surface area contributed by atoms with Crippen LogP contribution in [-0.4, -0.2) is 11.3 Å². The summed E-state index contributed by atoms with van der Waals surface area (Å²) in [5.74, 6) is -1.59. The number of aromatic nitrogens is 1. The highest BCUT2D eigenvalue weighted by atomic mass is 79.9. The monoisotopic (exact) mass is 312 g/mol. The second-order valence-corrected chi connectivity index (χ2v) is 3.46. The quantitative estimate of drug-likeness (QED) is 0.636. The Labute approximate surface area is 102 Å². The van der Waals surface area contributed by atoms with E-state index >= 15 is 0 Å². The van der Waals surface area contributed by atoms with Gasteiger partial charge in [0.05, 0.1) is 18.2 Å². The van der Waals surface area contributed by atoms with Gasteiger partial charge in [-0.2, -0.15) is 5.26 Å². The zero-order valence-corrected chi connectivity index (χ0v) is 9.77. The van der Waals surface area contributed by atoms with Crippen LogP contribution in [-0.2, 0) is 11.8 Å². The molecule has 1 aromatic rings. The Hall–Kier alpha value is -1.36. The van der Waals surface area contributed by atoms with E-state index in [1.807, 2.05) is 0 Å². The Morgan fingerprint density at radius 3 is 2.59 bits per heavy atom. The highest BCUT2D eigenvalue weighted by Gasteiger charge is 2.33. The van der Waals surface area contributed by atoms with Gasteiger partial charge in [0.1, 0.15) is 5.82 Å². The van der Waals surface area contributed by atoms with Gasteiger partial charge in [-0.15, -0.1) is 13.2 Å². The molecule has 0 aliphatic rings. The molecule has 1 heterocycles. The first-order valence-corrected chi connectivity index (χ1v) is 5.36. The summed E-state index contributed by atoms with van der Waals surface area (Å²) in [6.07, 6.45) is -5.34. The van der Waals surface area contributed by atoms with E-state index in [2.05, 4.69) is 25.7 Å². The van der Waals surface area contributed by atoms with Crippen LogP contribution in [0.1, 0.15) is 11.3 Å². The molecular formula is C9H5BrF4N2O. The van der Waals surface area contributed by atoms with Crippen molar-refractivity contribution < 1.29 is 22.3 Å². The van der Waals surface area contributed by atoms with E-state index in [0.717, 1.165) is 6.07 Å². The predicted molar refractivity (Wildman–Crippen MR) is 52.8 cm³/mol. The average Bonchev–Trinajstić information content (AvgIpc) is 2.20. The lowest BCUT2D eigenvalue weighted by Crippen LogP contribution is -2.19. The number of hydrogen-bond donors (Lipinski definition) is 0. The molecule has 0 bridgehead atoms. The minimum atomic E-state index is -4.91. The van der Waals surface area contributed by atoms with Gasteiger partial charge >= 0.3 is 6.36 Å². The van der Waals surface area contributed by atoms with Gasteiger partial charge in [0, 0.05) is 10.9 Å². The number of pyridine rings is 1. The maximum Gasteiger partial charge on any atom is 0.574 e. The summed E-state index contributed by atoms with van der Waals surface area (Å²) in [5.41, 5.74) is -0.460. The van der Waals surface area contributed by atoms with Crippen molar-refractivity contribution >= 4 is 15.9 Å². The fourth-order valence-electron chi connectivity index (χ4n) is 1.04. The third kappa shape index (κ3) is 3.85. The summed E-state index contributed by atoms with van der Waals surface area (Å²) in [7, 11) is 0. The molecule has 17 heavy (non-hydrogen) atoms. The molecular weight excluding hydrogens is 308 g/mol. The molecule has 0 aliphatic carbocycles. The van der Waals surface area contributed by atoms with Crippen LogP contribution < -0.4 is 4.74 Å². The number of nitrogens with zero attached hydrogens (tertiary/aromatic N) is 2. The normalized spacial score (nSPS) is 11.1. The van der Waals surface area contributed by atoms with Crippen molar-refractivity contribution in [2.75, 3.05) is 0 Å². The molecule has 0 aromatic carbocycles. The van der Waals surface area contributed by atoms with E-state index in [-0.39, 0.29) is 16.6 Å². The molecule has 0 spiro atoms. The average molecular weight is 313 g/mol. The van der Waals surface area contributed by atoms with Gasteiger partial charge in [-0.1, -0.05) is 15.9 Å². The van der Waals surface area contributed by atoms with Crippen LogP contribution in [0.15, 0.2) is 6.07 Å². The maximum absolute atomic E-state index is 13.3. The standard InChI is InChI=1S/C9H5BrF4N2O/c10-4-5-3-6(11)7(1-2-15)16-8(5)17-9(12,13)14/h3H,1,4H2. The van der Waals surface area contributed by atoms with Crippen LogP contribution in [0.2, 0.25) is 0 Å². The maximum atomic E-state index is 13.3. The summed E-state index contributed by atoms with van der Waals surface area (Å²) < 4.78 is 53.0. The molecule has 0 aliphatic heterocycles. The van der Waals surface area contributed by atoms with Crippen molar-refractivity contribution in [2.24, 2.45) is 0 Å². The zero-order chi connectivity index (χ0) is 13.1. The lowest BCUT2D eigenvalue weighted by molar-refractivity contribution is -0.276. The smallest absolute Gasteiger partial charge is 0.388 e. The van der Waals surface area contributed by atoms with Crippen LogP contribution in [0.4, 0.5) is 17.6 Å². The molecule has 0 fully saturated rings. The highest BCUT2D eigenvalue weighted by Crippen LogP contribution is 2.27. The number of halogens is 5. The Bertz CT molecular complexity index is 456. The molecule has 8 heteroatoms. The second kappa shape index (κ2) is 5.31. The number of nitriles is 1. The first kappa shape index (κ1) is 13.7. The van der Waals surface area contributed by atoms with E-state index in [0.29, 0.717) is 0 Å². The Kier molecular flexibility index (Phi) is 4.28. The predicted octanol–water partition coefficient (Wildman–Crippen LogP) is 3.08. The second-order valence-electron chi connectivity index (χ2n) is 2.90. The molecule has 0 saturated carbocycles. The fraction of sp³-hybridized carbons (Fsp3) is 0.333. The van der Waals surface area contributed by atoms with Gasteiger partial charge in [-0.25, -0.2) is 9.37 Å². The third-order valence-corrected chi connectivity index (χ3v) is 2.29. The minimum absolute atomic E-state index is 0.0465. The Morgan fingerprint density at radius 1 is 1.47 bits per heavy atom. The van der Waals surface area contributed by atoms with Crippen molar-refractivity contribution in [1.29, 1.82) is 5.26 Å². The molecule has 0 amide bonds. The van der Waals surface area contributed by atoms with Crippen LogP contribution in [0, 0.1) is 17.1 Å². The molecule has 0 unspecified atom stereocenters. The van der Waals surface area contributed by atoms with E-state index in [1.165, 1.54) is 0 Å². The number of rotatable bonds is 3. The van der Waals surface area contributed by atoms with Crippen LogP contribution in [0.25, 0.3) is 0 Å². The molecule has 1 rings (SSSR count). The summed E-state index contributed by atoms with van der Waals surface area (Å²) >= 11 is 2.89.